The maximum atomic E-state index is 12.8. The van der Waals surface area contributed by atoms with Crippen LogP contribution in [0.15, 0.2) is 42.5 Å². The zero-order valence-corrected chi connectivity index (χ0v) is 18.3. The Morgan fingerprint density at radius 3 is 2.39 bits per heavy atom. The van der Waals surface area contributed by atoms with E-state index in [1.54, 1.807) is 4.90 Å². The van der Waals surface area contributed by atoms with Gasteiger partial charge in [0.2, 0.25) is 5.91 Å². The standard InChI is InChI=1S/C24H30N4O3/c1-3-24(4-2)22(30)28(23(31)25-24)17-21(29)27-14-12-26(13-15-27)16-19-10-7-9-18-8-5-6-11-20(18)19/h5-11H,3-4,12-17H2,1-2H3,(H,25,31)/p+1. The molecule has 2 saturated heterocycles. The third kappa shape index (κ3) is 4.02. The predicted molar refractivity (Wildman–Crippen MR) is 118 cm³/mol. The van der Waals surface area contributed by atoms with Crippen LogP contribution in [0.3, 0.4) is 0 Å². The van der Waals surface area contributed by atoms with Gasteiger partial charge < -0.3 is 15.1 Å². The molecule has 0 spiro atoms. The zero-order chi connectivity index (χ0) is 22.0. The van der Waals surface area contributed by atoms with Crippen molar-refractivity contribution in [3.8, 4) is 0 Å². The molecule has 164 valence electrons. The number of benzene rings is 2. The van der Waals surface area contributed by atoms with Gasteiger partial charge in [0, 0.05) is 5.56 Å². The topological polar surface area (TPSA) is 74.2 Å². The van der Waals surface area contributed by atoms with E-state index in [-0.39, 0.29) is 18.4 Å². The minimum Gasteiger partial charge on any atom is -0.330 e. The predicted octanol–water partition coefficient (Wildman–Crippen LogP) is 1.18. The second-order valence-electron chi connectivity index (χ2n) is 8.56. The van der Waals surface area contributed by atoms with Crippen LogP contribution in [-0.4, -0.2) is 65.9 Å². The molecule has 2 aliphatic rings. The Morgan fingerprint density at radius 1 is 1.03 bits per heavy atom. The number of hydrogen-bond acceptors (Lipinski definition) is 3. The van der Waals surface area contributed by atoms with Crippen LogP contribution >= 0.6 is 0 Å². The SMILES string of the molecule is CCC1(CC)NC(=O)N(CC(=O)N2CC[NH+](Cc3cccc4ccccc34)CC2)C1=O. The molecule has 4 rings (SSSR count). The van der Waals surface area contributed by atoms with Crippen molar-refractivity contribution < 1.29 is 19.3 Å². The molecule has 0 aromatic heterocycles. The van der Waals surface area contributed by atoms with Gasteiger partial charge in [0.15, 0.2) is 0 Å². The first-order valence-corrected chi connectivity index (χ1v) is 11.2. The average Bonchev–Trinajstić information content (AvgIpc) is 3.04. The van der Waals surface area contributed by atoms with Crippen LogP contribution in [0.5, 0.6) is 0 Å². The lowest BCUT2D eigenvalue weighted by Gasteiger charge is -2.33. The number of carbonyl (C=O) groups is 3. The summed E-state index contributed by atoms with van der Waals surface area (Å²) < 4.78 is 0. The van der Waals surface area contributed by atoms with Crippen molar-refractivity contribution in [2.45, 2.75) is 38.8 Å². The third-order valence-electron chi connectivity index (χ3n) is 6.89. The van der Waals surface area contributed by atoms with E-state index in [0.29, 0.717) is 25.9 Å². The summed E-state index contributed by atoms with van der Waals surface area (Å²) in [5.74, 6) is -0.438. The minimum atomic E-state index is -0.862. The summed E-state index contributed by atoms with van der Waals surface area (Å²) in [6.45, 7) is 7.48. The van der Waals surface area contributed by atoms with Crippen molar-refractivity contribution in [2.75, 3.05) is 32.7 Å². The van der Waals surface area contributed by atoms with E-state index in [4.69, 9.17) is 0 Å². The maximum Gasteiger partial charge on any atom is 0.325 e. The lowest BCUT2D eigenvalue weighted by atomic mass is 9.93. The minimum absolute atomic E-state index is 0.157. The molecule has 7 nitrogen and oxygen atoms in total. The quantitative estimate of drug-likeness (QED) is 0.686. The number of urea groups is 1. The number of fused-ring (bicyclic) bond motifs is 1. The number of imide groups is 1. The number of piperazine rings is 1. The number of rotatable bonds is 6. The molecule has 0 saturated carbocycles. The van der Waals surface area contributed by atoms with E-state index in [2.05, 4.69) is 47.8 Å². The van der Waals surface area contributed by atoms with E-state index in [0.717, 1.165) is 24.5 Å². The van der Waals surface area contributed by atoms with Crippen molar-refractivity contribution in [2.24, 2.45) is 0 Å². The molecular weight excluding hydrogens is 392 g/mol. The summed E-state index contributed by atoms with van der Waals surface area (Å²) in [5, 5.41) is 5.32. The summed E-state index contributed by atoms with van der Waals surface area (Å²) in [6, 6.07) is 14.4. The van der Waals surface area contributed by atoms with Gasteiger partial charge in [-0.1, -0.05) is 56.3 Å². The molecule has 31 heavy (non-hydrogen) atoms. The van der Waals surface area contributed by atoms with Crippen LogP contribution in [-0.2, 0) is 16.1 Å². The van der Waals surface area contributed by atoms with E-state index in [1.165, 1.54) is 21.2 Å². The van der Waals surface area contributed by atoms with Gasteiger partial charge in [-0.3, -0.25) is 14.5 Å². The van der Waals surface area contributed by atoms with Crippen LogP contribution in [0.2, 0.25) is 0 Å². The van der Waals surface area contributed by atoms with Crippen molar-refractivity contribution in [3.63, 3.8) is 0 Å². The van der Waals surface area contributed by atoms with Crippen LogP contribution in [0.1, 0.15) is 32.3 Å². The second-order valence-corrected chi connectivity index (χ2v) is 8.56. The number of amides is 4. The normalized spacial score (nSPS) is 19.2. The molecule has 0 atom stereocenters. The highest BCUT2D eigenvalue weighted by Crippen LogP contribution is 2.24. The summed E-state index contributed by atoms with van der Waals surface area (Å²) in [5.41, 5.74) is 0.459. The van der Waals surface area contributed by atoms with Crippen LogP contribution in [0.4, 0.5) is 4.79 Å². The van der Waals surface area contributed by atoms with E-state index in [1.807, 2.05) is 13.8 Å². The fraction of sp³-hybridized carbons (Fsp3) is 0.458. The Morgan fingerprint density at radius 2 is 1.71 bits per heavy atom. The first-order chi connectivity index (χ1) is 15.0. The molecule has 0 radical (unpaired) electrons. The van der Waals surface area contributed by atoms with Gasteiger partial charge in [0.25, 0.3) is 5.91 Å². The molecule has 0 bridgehead atoms. The zero-order valence-electron chi connectivity index (χ0n) is 18.3. The second kappa shape index (κ2) is 8.67. The molecular formula is C24H31N4O3+. The average molecular weight is 424 g/mol. The van der Waals surface area contributed by atoms with Gasteiger partial charge in [-0.2, -0.15) is 0 Å². The summed E-state index contributed by atoms with van der Waals surface area (Å²) in [6.07, 6.45) is 1.05. The van der Waals surface area contributed by atoms with Crippen LogP contribution in [0, 0.1) is 0 Å². The van der Waals surface area contributed by atoms with Crippen LogP contribution in [0.25, 0.3) is 10.8 Å². The Balaban J connectivity index is 1.34. The number of nitrogens with one attached hydrogen (secondary N) is 2. The van der Waals surface area contributed by atoms with Gasteiger partial charge in [0.1, 0.15) is 18.6 Å². The fourth-order valence-corrected chi connectivity index (χ4v) is 4.75. The highest BCUT2D eigenvalue weighted by molar-refractivity contribution is 6.09. The lowest BCUT2D eigenvalue weighted by Crippen LogP contribution is -3.13. The summed E-state index contributed by atoms with van der Waals surface area (Å²) >= 11 is 0. The highest BCUT2D eigenvalue weighted by Gasteiger charge is 2.49. The van der Waals surface area contributed by atoms with Crippen molar-refractivity contribution >= 4 is 28.6 Å². The molecule has 2 N–H and O–H groups in total. The number of hydrogen-bond donors (Lipinski definition) is 2. The number of quaternary nitrogens is 1. The molecule has 7 heteroatoms. The van der Waals surface area contributed by atoms with Gasteiger partial charge in [-0.15, -0.1) is 0 Å². The smallest absolute Gasteiger partial charge is 0.325 e. The Hall–Kier alpha value is -2.93. The molecule has 2 heterocycles. The molecule has 0 aliphatic carbocycles. The lowest BCUT2D eigenvalue weighted by molar-refractivity contribution is -0.917. The molecule has 2 aromatic rings. The summed E-state index contributed by atoms with van der Waals surface area (Å²) in [7, 11) is 0. The van der Waals surface area contributed by atoms with Gasteiger partial charge in [-0.25, -0.2) is 4.79 Å². The first-order valence-electron chi connectivity index (χ1n) is 11.2. The highest BCUT2D eigenvalue weighted by atomic mass is 16.2. The van der Waals surface area contributed by atoms with Gasteiger partial charge in [0.05, 0.1) is 26.2 Å². The molecule has 2 fully saturated rings. The molecule has 2 aliphatic heterocycles. The Kier molecular flexibility index (Phi) is 5.96. The van der Waals surface area contributed by atoms with Crippen molar-refractivity contribution in [3.05, 3.63) is 48.0 Å². The molecule has 4 amide bonds. The van der Waals surface area contributed by atoms with E-state index >= 15 is 0 Å². The van der Waals surface area contributed by atoms with Gasteiger partial charge in [-0.05, 0) is 23.6 Å². The van der Waals surface area contributed by atoms with E-state index < -0.39 is 11.6 Å². The van der Waals surface area contributed by atoms with Crippen molar-refractivity contribution in [1.82, 2.24) is 15.1 Å². The monoisotopic (exact) mass is 423 g/mol. The first kappa shape index (κ1) is 21.3. The molecule has 0 unspecified atom stereocenters. The Bertz CT molecular complexity index is 988. The van der Waals surface area contributed by atoms with Gasteiger partial charge >= 0.3 is 6.03 Å². The largest absolute Gasteiger partial charge is 0.330 e. The number of nitrogens with zero attached hydrogens (tertiary/aromatic N) is 2. The fourth-order valence-electron chi connectivity index (χ4n) is 4.75. The van der Waals surface area contributed by atoms with E-state index in [9.17, 15) is 14.4 Å². The Labute approximate surface area is 183 Å². The number of carbonyl (C=O) groups excluding carboxylic acids is 3. The van der Waals surface area contributed by atoms with Crippen LogP contribution < -0.4 is 10.2 Å². The van der Waals surface area contributed by atoms with Crippen molar-refractivity contribution in [1.29, 1.82) is 0 Å². The summed E-state index contributed by atoms with van der Waals surface area (Å²) in [4.78, 5) is 42.2. The third-order valence-corrected chi connectivity index (χ3v) is 6.89. The maximum absolute atomic E-state index is 12.8. The molecule has 2 aromatic carbocycles.